The van der Waals surface area contributed by atoms with E-state index in [4.69, 9.17) is 9.47 Å². The standard InChI is InChI=1S/C22H25N5O3/c1-26(21(28)30-19-9-5-3-6-10-19)22(15-7-4-8-16-22)20-23-24-25-27(20)17-11-13-18(29-2)14-12-17/h3,5-6,9-14H,4,7-8,15-16H2,1-2H3. The fourth-order valence-electron chi connectivity index (χ4n) is 4.05. The van der Waals surface area contributed by atoms with Gasteiger partial charge in [-0.1, -0.05) is 37.5 Å². The summed E-state index contributed by atoms with van der Waals surface area (Å²) in [5, 5.41) is 12.5. The van der Waals surface area contributed by atoms with Crippen molar-refractivity contribution in [2.24, 2.45) is 0 Å². The first-order valence-corrected chi connectivity index (χ1v) is 10.1. The molecule has 1 aliphatic carbocycles. The number of para-hydroxylation sites is 1. The molecule has 0 atom stereocenters. The molecule has 1 saturated carbocycles. The van der Waals surface area contributed by atoms with E-state index >= 15 is 0 Å². The Balaban J connectivity index is 1.69. The Morgan fingerprint density at radius 2 is 1.70 bits per heavy atom. The van der Waals surface area contributed by atoms with Gasteiger partial charge in [0.25, 0.3) is 0 Å². The van der Waals surface area contributed by atoms with E-state index in [2.05, 4.69) is 15.5 Å². The van der Waals surface area contributed by atoms with Crippen LogP contribution in [0.2, 0.25) is 0 Å². The largest absolute Gasteiger partial charge is 0.497 e. The number of rotatable bonds is 5. The molecule has 8 heteroatoms. The molecule has 8 nitrogen and oxygen atoms in total. The van der Waals surface area contributed by atoms with Crippen LogP contribution < -0.4 is 9.47 Å². The Kier molecular flexibility index (Phi) is 5.65. The molecule has 1 heterocycles. The Morgan fingerprint density at radius 1 is 1.00 bits per heavy atom. The normalized spacial score (nSPS) is 15.4. The second kappa shape index (κ2) is 8.52. The second-order valence-electron chi connectivity index (χ2n) is 7.44. The summed E-state index contributed by atoms with van der Waals surface area (Å²) < 4.78 is 12.6. The van der Waals surface area contributed by atoms with Crippen molar-refractivity contribution in [2.45, 2.75) is 37.6 Å². The zero-order chi connectivity index (χ0) is 21.0. The minimum absolute atomic E-state index is 0.424. The molecule has 1 aromatic heterocycles. The summed E-state index contributed by atoms with van der Waals surface area (Å²) in [6, 6.07) is 16.6. The fourth-order valence-corrected chi connectivity index (χ4v) is 4.05. The highest BCUT2D eigenvalue weighted by molar-refractivity contribution is 5.71. The van der Waals surface area contributed by atoms with Crippen LogP contribution in [0.1, 0.15) is 37.9 Å². The Bertz CT molecular complexity index is 982. The molecule has 0 radical (unpaired) electrons. The zero-order valence-electron chi connectivity index (χ0n) is 17.2. The van der Waals surface area contributed by atoms with Gasteiger partial charge < -0.3 is 9.47 Å². The first-order valence-electron chi connectivity index (χ1n) is 10.1. The quantitative estimate of drug-likeness (QED) is 0.637. The minimum atomic E-state index is -0.645. The summed E-state index contributed by atoms with van der Waals surface area (Å²) in [7, 11) is 3.39. The summed E-state index contributed by atoms with van der Waals surface area (Å²) in [4.78, 5) is 14.7. The first kappa shape index (κ1) is 19.9. The van der Waals surface area contributed by atoms with Gasteiger partial charge >= 0.3 is 6.09 Å². The Morgan fingerprint density at radius 3 is 2.37 bits per heavy atom. The topological polar surface area (TPSA) is 82.4 Å². The zero-order valence-corrected chi connectivity index (χ0v) is 17.2. The molecule has 1 aliphatic rings. The van der Waals surface area contributed by atoms with E-state index in [0.717, 1.165) is 43.5 Å². The van der Waals surface area contributed by atoms with Crippen LogP contribution in [0.25, 0.3) is 5.69 Å². The maximum Gasteiger partial charge on any atom is 0.415 e. The molecule has 0 spiro atoms. The number of benzene rings is 2. The number of aromatic nitrogens is 4. The summed E-state index contributed by atoms with van der Waals surface area (Å²) in [6.45, 7) is 0. The smallest absolute Gasteiger partial charge is 0.415 e. The summed E-state index contributed by atoms with van der Waals surface area (Å²) in [5.74, 6) is 1.90. The second-order valence-corrected chi connectivity index (χ2v) is 7.44. The maximum absolute atomic E-state index is 13.1. The van der Waals surface area contributed by atoms with Gasteiger partial charge in [-0.3, -0.25) is 4.90 Å². The number of hydrogen-bond donors (Lipinski definition) is 0. The van der Waals surface area contributed by atoms with E-state index in [-0.39, 0.29) is 0 Å². The number of carbonyl (C=O) groups is 1. The fraction of sp³-hybridized carbons (Fsp3) is 0.364. The molecule has 0 aliphatic heterocycles. The third kappa shape index (κ3) is 3.72. The first-order chi connectivity index (χ1) is 14.6. The van der Waals surface area contributed by atoms with Crippen molar-refractivity contribution in [3.63, 3.8) is 0 Å². The molecule has 30 heavy (non-hydrogen) atoms. The molecule has 3 aromatic rings. The van der Waals surface area contributed by atoms with Gasteiger partial charge in [0.1, 0.15) is 17.0 Å². The molecule has 1 fully saturated rings. The van der Waals surface area contributed by atoms with Crippen molar-refractivity contribution in [3.8, 4) is 17.2 Å². The van der Waals surface area contributed by atoms with Gasteiger partial charge in [-0.2, -0.15) is 4.68 Å². The third-order valence-electron chi connectivity index (χ3n) is 5.75. The molecular weight excluding hydrogens is 382 g/mol. The number of carbonyl (C=O) groups excluding carboxylic acids is 1. The average molecular weight is 407 g/mol. The van der Waals surface area contributed by atoms with Crippen LogP contribution in [0.3, 0.4) is 0 Å². The number of tetrazole rings is 1. The average Bonchev–Trinajstić information content (AvgIpc) is 3.30. The lowest BCUT2D eigenvalue weighted by Crippen LogP contribution is -2.51. The van der Waals surface area contributed by atoms with Crippen molar-refractivity contribution in [1.82, 2.24) is 25.1 Å². The van der Waals surface area contributed by atoms with Gasteiger partial charge in [-0.25, -0.2) is 4.79 Å². The molecular formula is C22H25N5O3. The van der Waals surface area contributed by atoms with Crippen molar-refractivity contribution < 1.29 is 14.3 Å². The lowest BCUT2D eigenvalue weighted by atomic mass is 9.79. The van der Waals surface area contributed by atoms with Gasteiger partial charge in [0.05, 0.1) is 12.8 Å². The molecule has 0 N–H and O–H groups in total. The van der Waals surface area contributed by atoms with Crippen LogP contribution in [-0.2, 0) is 5.54 Å². The van der Waals surface area contributed by atoms with Gasteiger partial charge in [-0.15, -0.1) is 5.10 Å². The maximum atomic E-state index is 13.1. The Labute approximate surface area is 175 Å². The number of ether oxygens (including phenoxy) is 2. The number of amides is 1. The van der Waals surface area contributed by atoms with Crippen LogP contribution in [0.4, 0.5) is 4.79 Å². The summed E-state index contributed by atoms with van der Waals surface area (Å²) >= 11 is 0. The molecule has 4 rings (SSSR count). The predicted molar refractivity (Wildman–Crippen MR) is 111 cm³/mol. The third-order valence-corrected chi connectivity index (χ3v) is 5.75. The number of nitrogens with zero attached hydrogens (tertiary/aromatic N) is 5. The van der Waals surface area contributed by atoms with E-state index in [1.807, 2.05) is 42.5 Å². The van der Waals surface area contributed by atoms with Gasteiger partial charge in [0.2, 0.25) is 0 Å². The van der Waals surface area contributed by atoms with Gasteiger partial charge in [0, 0.05) is 7.05 Å². The van der Waals surface area contributed by atoms with Crippen LogP contribution in [0, 0.1) is 0 Å². The summed E-state index contributed by atoms with van der Waals surface area (Å²) in [5.41, 5.74) is 0.165. The van der Waals surface area contributed by atoms with E-state index in [0.29, 0.717) is 11.6 Å². The molecule has 0 bridgehead atoms. The van der Waals surface area contributed by atoms with Crippen LogP contribution >= 0.6 is 0 Å². The highest BCUT2D eigenvalue weighted by Gasteiger charge is 2.45. The van der Waals surface area contributed by atoms with E-state index < -0.39 is 11.6 Å². The molecule has 1 amide bonds. The lowest BCUT2D eigenvalue weighted by Gasteiger charge is -2.42. The van der Waals surface area contributed by atoms with E-state index in [1.54, 1.807) is 35.9 Å². The number of hydrogen-bond acceptors (Lipinski definition) is 6. The van der Waals surface area contributed by atoms with E-state index in [9.17, 15) is 4.79 Å². The lowest BCUT2D eigenvalue weighted by molar-refractivity contribution is 0.0622. The molecule has 0 saturated heterocycles. The van der Waals surface area contributed by atoms with Crippen molar-refractivity contribution in [3.05, 3.63) is 60.4 Å². The van der Waals surface area contributed by atoms with Crippen molar-refractivity contribution in [1.29, 1.82) is 0 Å². The van der Waals surface area contributed by atoms with Gasteiger partial charge in [0.15, 0.2) is 5.82 Å². The van der Waals surface area contributed by atoms with Crippen LogP contribution in [-0.4, -0.2) is 45.4 Å². The van der Waals surface area contributed by atoms with E-state index in [1.165, 1.54) is 0 Å². The van der Waals surface area contributed by atoms with Crippen molar-refractivity contribution >= 4 is 6.09 Å². The minimum Gasteiger partial charge on any atom is -0.497 e. The molecule has 0 unspecified atom stereocenters. The summed E-state index contributed by atoms with van der Waals surface area (Å²) in [6.07, 6.45) is 4.20. The molecule has 2 aromatic carbocycles. The van der Waals surface area contributed by atoms with Crippen LogP contribution in [0.15, 0.2) is 54.6 Å². The monoisotopic (exact) mass is 407 g/mol. The highest BCUT2D eigenvalue weighted by atomic mass is 16.6. The van der Waals surface area contributed by atoms with Crippen LogP contribution in [0.5, 0.6) is 11.5 Å². The SMILES string of the molecule is COc1ccc(-n2nnnc2C2(N(C)C(=O)Oc3ccccc3)CCCCC2)cc1. The Hall–Kier alpha value is -3.42. The predicted octanol–water partition coefficient (Wildman–Crippen LogP) is 3.96. The van der Waals surface area contributed by atoms with Crippen molar-refractivity contribution in [2.75, 3.05) is 14.2 Å². The molecule has 156 valence electrons. The number of methoxy groups -OCH3 is 1. The highest BCUT2D eigenvalue weighted by Crippen LogP contribution is 2.41. The van der Waals surface area contributed by atoms with Gasteiger partial charge in [-0.05, 0) is 59.7 Å².